The molecule has 162 valence electrons. The van der Waals surface area contributed by atoms with E-state index in [9.17, 15) is 0 Å². The molecule has 0 unspecified atom stereocenters. The zero-order valence-electron chi connectivity index (χ0n) is 19.0. The monoisotopic (exact) mass is 438 g/mol. The topological polar surface area (TPSA) is 35.6 Å². The number of benzene rings is 4. The summed E-state index contributed by atoms with van der Waals surface area (Å²) in [5.41, 5.74) is 7.66. The lowest BCUT2D eigenvalue weighted by atomic mass is 10.1. The highest BCUT2D eigenvalue weighted by molar-refractivity contribution is 6.23. The molecule has 0 bridgehead atoms. The molecule has 0 aliphatic carbocycles. The molecule has 4 heteroatoms. The molecule has 3 aromatic heterocycles. The summed E-state index contributed by atoms with van der Waals surface area (Å²) in [6, 6.07) is 34.3. The van der Waals surface area contributed by atoms with Gasteiger partial charge in [0.1, 0.15) is 0 Å². The maximum atomic E-state index is 4.88. The highest BCUT2D eigenvalue weighted by Crippen LogP contribution is 2.41. The number of hydrogen-bond donors (Lipinski definition) is 0. The molecule has 7 aromatic rings. The molecule has 0 spiro atoms. The van der Waals surface area contributed by atoms with Crippen molar-refractivity contribution in [2.24, 2.45) is 0 Å². The fourth-order valence-corrected chi connectivity index (χ4v) is 5.36. The van der Waals surface area contributed by atoms with Gasteiger partial charge in [0.25, 0.3) is 0 Å². The Balaban J connectivity index is 1.79. The van der Waals surface area contributed by atoms with E-state index in [1.54, 1.807) is 0 Å². The van der Waals surface area contributed by atoms with E-state index >= 15 is 0 Å². The Bertz CT molecular complexity index is 1850. The molecule has 7 rings (SSSR count). The number of aryl methyl sites for hydroxylation is 2. The molecule has 0 saturated carbocycles. The maximum absolute atomic E-state index is 4.88. The molecule has 0 atom stereocenters. The fraction of sp³-hybridized carbons (Fsp3) is 0.0667. The second kappa shape index (κ2) is 7.03. The molecule has 0 amide bonds. The van der Waals surface area contributed by atoms with Crippen molar-refractivity contribution >= 4 is 43.6 Å². The highest BCUT2D eigenvalue weighted by atomic mass is 15.2. The van der Waals surface area contributed by atoms with Gasteiger partial charge in [-0.2, -0.15) is 0 Å². The van der Waals surface area contributed by atoms with E-state index in [0.717, 1.165) is 28.1 Å². The second-order valence-electron chi connectivity index (χ2n) is 8.85. The zero-order chi connectivity index (χ0) is 22.8. The minimum Gasteiger partial charge on any atom is -0.307 e. The van der Waals surface area contributed by atoms with Crippen LogP contribution in [0.1, 0.15) is 11.4 Å². The van der Waals surface area contributed by atoms with E-state index in [4.69, 9.17) is 9.97 Å². The lowest BCUT2D eigenvalue weighted by Crippen LogP contribution is -2.05. The van der Waals surface area contributed by atoms with Crippen LogP contribution in [-0.4, -0.2) is 19.1 Å². The molecule has 4 nitrogen and oxygen atoms in total. The van der Waals surface area contributed by atoms with Gasteiger partial charge in [-0.05, 0) is 44.2 Å². The van der Waals surface area contributed by atoms with Gasteiger partial charge in [0.15, 0.2) is 0 Å². The number of hydrogen-bond acceptors (Lipinski definition) is 2. The predicted octanol–water partition coefficient (Wildman–Crippen LogP) is 7.29. The van der Waals surface area contributed by atoms with Crippen molar-refractivity contribution in [2.45, 2.75) is 13.8 Å². The Morgan fingerprint density at radius 3 is 1.62 bits per heavy atom. The third kappa shape index (κ3) is 2.59. The largest absolute Gasteiger partial charge is 0.307 e. The second-order valence-corrected chi connectivity index (χ2v) is 8.85. The average Bonchev–Trinajstić information content (AvgIpc) is 3.37. The summed E-state index contributed by atoms with van der Waals surface area (Å²) in [4.78, 5) is 9.76. The first-order valence-electron chi connectivity index (χ1n) is 11.5. The van der Waals surface area contributed by atoms with Crippen LogP contribution < -0.4 is 0 Å². The predicted molar refractivity (Wildman–Crippen MR) is 140 cm³/mol. The number of aromatic nitrogens is 4. The van der Waals surface area contributed by atoms with Crippen molar-refractivity contribution < 1.29 is 0 Å². The van der Waals surface area contributed by atoms with Crippen LogP contribution in [0.2, 0.25) is 0 Å². The van der Waals surface area contributed by atoms with Crippen molar-refractivity contribution in [1.29, 1.82) is 0 Å². The van der Waals surface area contributed by atoms with Gasteiger partial charge in [0.2, 0.25) is 5.95 Å². The first-order valence-corrected chi connectivity index (χ1v) is 11.5. The van der Waals surface area contributed by atoms with Gasteiger partial charge in [-0.15, -0.1) is 0 Å². The van der Waals surface area contributed by atoms with Crippen molar-refractivity contribution in [1.82, 2.24) is 19.1 Å². The highest BCUT2D eigenvalue weighted by Gasteiger charge is 2.21. The standard InChI is InChI=1S/C30H22N4/c1-19-18-20(2)32-30(31-19)34-27-15-9-7-13-23(27)25-17-16-24-22-12-6-8-14-26(22)33(28(24)29(25)34)21-10-4-3-5-11-21/h3-18H,1-2H3. The fourth-order valence-electron chi connectivity index (χ4n) is 5.36. The summed E-state index contributed by atoms with van der Waals surface area (Å²) in [5.74, 6) is 0.709. The van der Waals surface area contributed by atoms with E-state index in [1.165, 1.54) is 32.6 Å². The third-order valence-corrected chi connectivity index (χ3v) is 6.65. The summed E-state index contributed by atoms with van der Waals surface area (Å²) in [7, 11) is 0. The quantitative estimate of drug-likeness (QED) is 0.284. The lowest BCUT2D eigenvalue weighted by Gasteiger charge is -2.12. The van der Waals surface area contributed by atoms with Crippen molar-refractivity contribution in [3.63, 3.8) is 0 Å². The molecule has 0 fully saturated rings. The minimum absolute atomic E-state index is 0.709. The number of para-hydroxylation sites is 3. The molecular weight excluding hydrogens is 416 g/mol. The third-order valence-electron chi connectivity index (χ3n) is 6.65. The minimum atomic E-state index is 0.709. The van der Waals surface area contributed by atoms with Gasteiger partial charge in [0.05, 0.1) is 22.1 Å². The Morgan fingerprint density at radius 1 is 0.500 bits per heavy atom. The van der Waals surface area contributed by atoms with Crippen LogP contribution in [0.4, 0.5) is 0 Å². The van der Waals surface area contributed by atoms with E-state index in [1.807, 2.05) is 19.9 Å². The molecule has 0 N–H and O–H groups in total. The van der Waals surface area contributed by atoms with Crippen LogP contribution >= 0.6 is 0 Å². The Labute approximate surface area is 196 Å². The lowest BCUT2D eigenvalue weighted by molar-refractivity contribution is 0.940. The average molecular weight is 439 g/mol. The molecular formula is C30H22N4. The van der Waals surface area contributed by atoms with E-state index in [0.29, 0.717) is 5.95 Å². The Kier molecular flexibility index (Phi) is 3.94. The molecule has 0 saturated heterocycles. The maximum Gasteiger partial charge on any atom is 0.235 e. The van der Waals surface area contributed by atoms with Gasteiger partial charge in [-0.25, -0.2) is 9.97 Å². The number of rotatable bonds is 2. The van der Waals surface area contributed by atoms with Crippen LogP contribution in [0.3, 0.4) is 0 Å². The van der Waals surface area contributed by atoms with Crippen LogP contribution in [0.25, 0.3) is 55.2 Å². The number of fused-ring (bicyclic) bond motifs is 7. The summed E-state index contributed by atoms with van der Waals surface area (Å²) >= 11 is 0. The van der Waals surface area contributed by atoms with E-state index in [2.05, 4.69) is 100 Å². The Morgan fingerprint density at radius 2 is 1.00 bits per heavy atom. The summed E-state index contributed by atoms with van der Waals surface area (Å²) in [5, 5.41) is 4.86. The van der Waals surface area contributed by atoms with E-state index in [-0.39, 0.29) is 0 Å². The molecule has 34 heavy (non-hydrogen) atoms. The number of nitrogens with zero attached hydrogens (tertiary/aromatic N) is 4. The van der Waals surface area contributed by atoms with E-state index < -0.39 is 0 Å². The first kappa shape index (κ1) is 19.1. The normalized spacial score (nSPS) is 11.8. The van der Waals surface area contributed by atoms with Gasteiger partial charge in [-0.3, -0.25) is 4.57 Å². The smallest absolute Gasteiger partial charge is 0.235 e. The molecule has 0 aliphatic heterocycles. The molecule has 0 radical (unpaired) electrons. The van der Waals surface area contributed by atoms with Crippen molar-refractivity contribution in [3.8, 4) is 11.6 Å². The summed E-state index contributed by atoms with van der Waals surface area (Å²) in [6.07, 6.45) is 0. The van der Waals surface area contributed by atoms with Crippen LogP contribution in [0, 0.1) is 13.8 Å². The first-order chi connectivity index (χ1) is 16.7. The SMILES string of the molecule is Cc1cc(C)nc(-n2c3ccccc3c3ccc4c5ccccc5n(-c5ccccc5)c4c32)n1. The summed E-state index contributed by atoms with van der Waals surface area (Å²) < 4.78 is 4.62. The van der Waals surface area contributed by atoms with Crippen LogP contribution in [-0.2, 0) is 0 Å². The van der Waals surface area contributed by atoms with Gasteiger partial charge in [-0.1, -0.05) is 66.7 Å². The van der Waals surface area contributed by atoms with Crippen molar-refractivity contribution in [3.05, 3.63) is 108 Å². The van der Waals surface area contributed by atoms with Crippen LogP contribution in [0.15, 0.2) is 97.1 Å². The molecule has 3 heterocycles. The van der Waals surface area contributed by atoms with Crippen LogP contribution in [0.5, 0.6) is 0 Å². The summed E-state index contributed by atoms with van der Waals surface area (Å²) in [6.45, 7) is 4.06. The van der Waals surface area contributed by atoms with Crippen molar-refractivity contribution in [2.75, 3.05) is 0 Å². The van der Waals surface area contributed by atoms with Gasteiger partial charge in [0, 0.05) is 38.6 Å². The van der Waals surface area contributed by atoms with Gasteiger partial charge < -0.3 is 4.57 Å². The Hall–Kier alpha value is -4.44. The van der Waals surface area contributed by atoms with Gasteiger partial charge >= 0.3 is 0 Å². The molecule has 4 aromatic carbocycles. The zero-order valence-corrected chi connectivity index (χ0v) is 19.0. The molecule has 0 aliphatic rings.